The lowest BCUT2D eigenvalue weighted by molar-refractivity contribution is -0.123. The van der Waals surface area contributed by atoms with E-state index >= 15 is 0 Å². The summed E-state index contributed by atoms with van der Waals surface area (Å²) in [6.45, 7) is 5.57. The predicted molar refractivity (Wildman–Crippen MR) is 113 cm³/mol. The van der Waals surface area contributed by atoms with Gasteiger partial charge in [-0.25, -0.2) is 9.82 Å². The molecule has 0 aliphatic heterocycles. The van der Waals surface area contributed by atoms with Crippen LogP contribution in [0, 0.1) is 11.7 Å². The number of nitrogens with one attached hydrogen (secondary N) is 2. The third kappa shape index (κ3) is 5.93. The molecule has 0 saturated heterocycles. The second-order valence-electron chi connectivity index (χ2n) is 6.69. The number of amides is 2. The van der Waals surface area contributed by atoms with E-state index in [0.717, 1.165) is 0 Å². The number of hydrazone groups is 1. The van der Waals surface area contributed by atoms with Gasteiger partial charge in [0.05, 0.1) is 23.4 Å². The van der Waals surface area contributed by atoms with E-state index in [9.17, 15) is 19.1 Å². The van der Waals surface area contributed by atoms with E-state index < -0.39 is 23.7 Å². The Bertz CT molecular complexity index is 950. The number of nitrogens with zero attached hydrogens (tertiary/aromatic N) is 1. The lowest BCUT2D eigenvalue weighted by Gasteiger charge is -2.20. The van der Waals surface area contributed by atoms with Gasteiger partial charge in [-0.05, 0) is 42.7 Å². The van der Waals surface area contributed by atoms with E-state index in [1.165, 1.54) is 42.6 Å². The summed E-state index contributed by atoms with van der Waals surface area (Å²) in [5.74, 6) is -2.21. The molecule has 2 aromatic carbocycles. The maximum absolute atomic E-state index is 13.8. The normalized spacial score (nSPS) is 12.1. The third-order valence-electron chi connectivity index (χ3n) is 4.09. The highest BCUT2D eigenvalue weighted by atomic mass is 35.5. The van der Waals surface area contributed by atoms with Gasteiger partial charge < -0.3 is 15.2 Å². The van der Waals surface area contributed by atoms with Gasteiger partial charge in [0, 0.05) is 0 Å². The maximum Gasteiger partial charge on any atom is 0.262 e. The molecule has 3 N–H and O–H groups in total. The van der Waals surface area contributed by atoms with Crippen LogP contribution in [0.1, 0.15) is 36.7 Å². The minimum absolute atomic E-state index is 0.0749. The van der Waals surface area contributed by atoms with E-state index in [0.29, 0.717) is 12.2 Å². The number of hydrogen-bond donors (Lipinski definition) is 3. The van der Waals surface area contributed by atoms with Crippen molar-refractivity contribution in [2.75, 3.05) is 6.61 Å². The topological polar surface area (TPSA) is 100 Å². The minimum atomic E-state index is -0.934. The summed E-state index contributed by atoms with van der Waals surface area (Å²) in [4.78, 5) is 24.8. The summed E-state index contributed by atoms with van der Waals surface area (Å²) in [5, 5.41) is 16.3. The molecule has 30 heavy (non-hydrogen) atoms. The zero-order chi connectivity index (χ0) is 22.3. The van der Waals surface area contributed by atoms with Crippen LogP contribution < -0.4 is 15.5 Å². The Morgan fingerprint density at radius 3 is 2.63 bits per heavy atom. The number of aromatic hydroxyl groups is 1. The fourth-order valence-electron chi connectivity index (χ4n) is 2.57. The number of ether oxygens (including phenoxy) is 1. The van der Waals surface area contributed by atoms with Gasteiger partial charge in [0.15, 0.2) is 11.5 Å². The monoisotopic (exact) mass is 435 g/mol. The van der Waals surface area contributed by atoms with Crippen LogP contribution in [-0.2, 0) is 4.79 Å². The predicted octanol–water partition coefficient (Wildman–Crippen LogP) is 3.49. The first-order valence-electron chi connectivity index (χ1n) is 9.28. The second kappa shape index (κ2) is 10.6. The molecule has 0 radical (unpaired) electrons. The first-order valence-corrected chi connectivity index (χ1v) is 9.66. The van der Waals surface area contributed by atoms with Crippen LogP contribution >= 0.6 is 11.6 Å². The Hall–Kier alpha value is -3.13. The highest BCUT2D eigenvalue weighted by molar-refractivity contribution is 6.32. The molecule has 2 rings (SSSR count). The standard InChI is InChI=1S/C21H23ClFN3O4/c1-4-30-17-10-13(9-15(22)19(17)27)11-24-26-21(29)18(12(2)3)25-20(28)14-7-5-6-8-16(14)23/h5-12,18,27H,4H2,1-3H3,(H,25,28)(H,26,29). The van der Waals surface area contributed by atoms with Crippen molar-refractivity contribution in [1.29, 1.82) is 0 Å². The van der Waals surface area contributed by atoms with Crippen LogP contribution in [0.5, 0.6) is 11.5 Å². The highest BCUT2D eigenvalue weighted by Crippen LogP contribution is 2.34. The SMILES string of the molecule is CCOc1cc(C=NNC(=O)C(NC(=O)c2ccccc2F)C(C)C)cc(Cl)c1O. The van der Waals surface area contributed by atoms with Gasteiger partial charge in [-0.2, -0.15) is 5.10 Å². The van der Waals surface area contributed by atoms with E-state index in [-0.39, 0.29) is 28.0 Å². The van der Waals surface area contributed by atoms with Crippen LogP contribution in [0.3, 0.4) is 0 Å². The number of carbonyl (C=O) groups excluding carboxylic acids is 2. The van der Waals surface area contributed by atoms with Gasteiger partial charge >= 0.3 is 0 Å². The smallest absolute Gasteiger partial charge is 0.262 e. The average Bonchev–Trinajstić information content (AvgIpc) is 2.69. The lowest BCUT2D eigenvalue weighted by atomic mass is 10.0. The fraction of sp³-hybridized carbons (Fsp3) is 0.286. The van der Waals surface area contributed by atoms with Gasteiger partial charge in [0.25, 0.3) is 11.8 Å². The lowest BCUT2D eigenvalue weighted by Crippen LogP contribution is -2.48. The first-order chi connectivity index (χ1) is 14.2. The van der Waals surface area contributed by atoms with E-state index in [2.05, 4.69) is 15.8 Å². The number of phenolic OH excluding ortho intramolecular Hbond substituents is 1. The second-order valence-corrected chi connectivity index (χ2v) is 7.10. The van der Waals surface area contributed by atoms with Gasteiger partial charge in [0.2, 0.25) is 0 Å². The molecule has 1 unspecified atom stereocenters. The van der Waals surface area contributed by atoms with Crippen molar-refractivity contribution in [2.24, 2.45) is 11.0 Å². The Balaban J connectivity index is 2.09. The van der Waals surface area contributed by atoms with Gasteiger partial charge in [0.1, 0.15) is 11.9 Å². The quantitative estimate of drug-likeness (QED) is 0.436. The maximum atomic E-state index is 13.8. The molecule has 160 valence electrons. The van der Waals surface area contributed by atoms with Gasteiger partial charge in [-0.3, -0.25) is 9.59 Å². The fourth-order valence-corrected chi connectivity index (χ4v) is 2.79. The van der Waals surface area contributed by atoms with Crippen LogP contribution in [0.15, 0.2) is 41.5 Å². The van der Waals surface area contributed by atoms with Crippen molar-refractivity contribution in [3.63, 3.8) is 0 Å². The van der Waals surface area contributed by atoms with E-state index in [1.807, 2.05) is 0 Å². The molecule has 2 aromatic rings. The highest BCUT2D eigenvalue weighted by Gasteiger charge is 2.25. The van der Waals surface area contributed by atoms with E-state index in [1.54, 1.807) is 20.8 Å². The first kappa shape index (κ1) is 23.2. The molecule has 1 atom stereocenters. The minimum Gasteiger partial charge on any atom is -0.503 e. The molecular formula is C21H23ClFN3O4. The zero-order valence-electron chi connectivity index (χ0n) is 16.8. The van der Waals surface area contributed by atoms with Crippen molar-refractivity contribution in [1.82, 2.24) is 10.7 Å². The van der Waals surface area contributed by atoms with Gasteiger partial charge in [-0.15, -0.1) is 0 Å². The largest absolute Gasteiger partial charge is 0.503 e. The molecule has 0 aliphatic rings. The van der Waals surface area contributed by atoms with Crippen molar-refractivity contribution in [2.45, 2.75) is 26.8 Å². The molecule has 2 amide bonds. The molecule has 7 nitrogen and oxygen atoms in total. The molecular weight excluding hydrogens is 413 g/mol. The van der Waals surface area contributed by atoms with Crippen molar-refractivity contribution < 1.29 is 23.8 Å². The van der Waals surface area contributed by atoms with Crippen molar-refractivity contribution in [3.8, 4) is 11.5 Å². The third-order valence-corrected chi connectivity index (χ3v) is 4.38. The van der Waals surface area contributed by atoms with E-state index in [4.69, 9.17) is 16.3 Å². The summed E-state index contributed by atoms with van der Waals surface area (Å²) < 4.78 is 19.1. The summed E-state index contributed by atoms with van der Waals surface area (Å²) in [5.41, 5.74) is 2.68. The number of halogens is 2. The Kier molecular flexibility index (Phi) is 8.17. The number of phenols is 1. The Morgan fingerprint density at radius 2 is 2.00 bits per heavy atom. The van der Waals surface area contributed by atoms with Gasteiger partial charge in [-0.1, -0.05) is 37.6 Å². The molecule has 0 bridgehead atoms. The zero-order valence-corrected chi connectivity index (χ0v) is 17.5. The molecule has 9 heteroatoms. The number of carbonyl (C=O) groups is 2. The van der Waals surface area contributed by atoms with Crippen molar-refractivity contribution >= 4 is 29.6 Å². The number of rotatable bonds is 8. The molecule has 0 heterocycles. The molecule has 0 fully saturated rings. The average molecular weight is 436 g/mol. The number of hydrogen-bond acceptors (Lipinski definition) is 5. The Morgan fingerprint density at radius 1 is 1.30 bits per heavy atom. The molecule has 0 aromatic heterocycles. The Labute approximate surface area is 178 Å². The summed E-state index contributed by atoms with van der Waals surface area (Å²) in [6, 6.07) is 7.55. The summed E-state index contributed by atoms with van der Waals surface area (Å²) >= 11 is 5.96. The molecule has 0 spiro atoms. The van der Waals surface area contributed by atoms with Crippen LogP contribution in [0.2, 0.25) is 5.02 Å². The summed E-state index contributed by atoms with van der Waals surface area (Å²) in [6.07, 6.45) is 1.32. The van der Waals surface area contributed by atoms with Crippen LogP contribution in [0.4, 0.5) is 4.39 Å². The van der Waals surface area contributed by atoms with Crippen LogP contribution in [-0.4, -0.2) is 35.8 Å². The number of benzene rings is 2. The van der Waals surface area contributed by atoms with Crippen LogP contribution in [0.25, 0.3) is 0 Å². The molecule has 0 aliphatic carbocycles. The molecule has 0 saturated carbocycles. The van der Waals surface area contributed by atoms with Crippen molar-refractivity contribution in [3.05, 3.63) is 58.4 Å². The summed E-state index contributed by atoms with van der Waals surface area (Å²) in [7, 11) is 0.